The molecule has 0 aliphatic heterocycles. The molecular formula is C16H16N4O3. The Balaban J connectivity index is 2.16. The number of fused-ring (bicyclic) bond motifs is 1. The van der Waals surface area contributed by atoms with Crippen LogP contribution in [0.3, 0.4) is 0 Å². The Morgan fingerprint density at radius 1 is 1.22 bits per heavy atom. The molecule has 7 heteroatoms. The van der Waals surface area contributed by atoms with E-state index in [2.05, 4.69) is 15.3 Å². The van der Waals surface area contributed by atoms with Crippen LogP contribution in [0, 0.1) is 13.8 Å². The van der Waals surface area contributed by atoms with Gasteiger partial charge in [-0.3, -0.25) is 0 Å². The van der Waals surface area contributed by atoms with Gasteiger partial charge >= 0.3 is 5.97 Å². The Labute approximate surface area is 132 Å². The summed E-state index contributed by atoms with van der Waals surface area (Å²) < 4.78 is 6.97. The van der Waals surface area contributed by atoms with Crippen molar-refractivity contribution in [2.45, 2.75) is 20.8 Å². The predicted molar refractivity (Wildman–Crippen MR) is 83.8 cm³/mol. The minimum absolute atomic E-state index is 0.0988. The Morgan fingerprint density at radius 2 is 1.91 bits per heavy atom. The van der Waals surface area contributed by atoms with Gasteiger partial charge in [-0.25, -0.2) is 9.31 Å². The molecule has 0 aliphatic carbocycles. The van der Waals surface area contributed by atoms with Gasteiger partial charge in [0.25, 0.3) is 0 Å². The van der Waals surface area contributed by atoms with E-state index in [1.165, 1.54) is 4.52 Å². The van der Waals surface area contributed by atoms with E-state index in [1.54, 1.807) is 6.92 Å². The molecule has 3 rings (SSSR count). The van der Waals surface area contributed by atoms with Crippen molar-refractivity contribution in [3.8, 4) is 16.9 Å². The van der Waals surface area contributed by atoms with Gasteiger partial charge in [-0.2, -0.15) is 5.10 Å². The Morgan fingerprint density at radius 3 is 2.52 bits per heavy atom. The van der Waals surface area contributed by atoms with E-state index >= 15 is 0 Å². The molecule has 0 amide bonds. The van der Waals surface area contributed by atoms with Crippen LogP contribution >= 0.6 is 0 Å². The van der Waals surface area contributed by atoms with Crippen molar-refractivity contribution >= 4 is 11.6 Å². The number of carboxylic acids is 1. The molecule has 0 saturated carbocycles. The number of aryl methyl sites for hydroxylation is 2. The number of aromatic carboxylic acids is 1. The second-order valence-corrected chi connectivity index (χ2v) is 5.09. The van der Waals surface area contributed by atoms with Crippen molar-refractivity contribution in [3.63, 3.8) is 0 Å². The van der Waals surface area contributed by atoms with Gasteiger partial charge < -0.3 is 9.84 Å². The molecule has 2 aromatic heterocycles. The largest absolute Gasteiger partial charge is 0.494 e. The van der Waals surface area contributed by atoms with Gasteiger partial charge in [0.1, 0.15) is 5.75 Å². The topological polar surface area (TPSA) is 89.6 Å². The lowest BCUT2D eigenvalue weighted by atomic mass is 10.1. The van der Waals surface area contributed by atoms with Gasteiger partial charge in [-0.1, -0.05) is 12.1 Å². The molecular weight excluding hydrogens is 296 g/mol. The van der Waals surface area contributed by atoms with E-state index in [9.17, 15) is 4.79 Å². The van der Waals surface area contributed by atoms with Crippen molar-refractivity contribution in [2.75, 3.05) is 6.61 Å². The number of ether oxygens (including phenoxy) is 1. The number of rotatable bonds is 4. The fourth-order valence-electron chi connectivity index (χ4n) is 2.53. The number of aromatic nitrogens is 4. The molecule has 2 heterocycles. The molecule has 0 unspecified atom stereocenters. The van der Waals surface area contributed by atoms with E-state index in [1.807, 2.05) is 38.1 Å². The molecule has 1 N–H and O–H groups in total. The highest BCUT2D eigenvalue weighted by Crippen LogP contribution is 2.29. The average Bonchev–Trinajstić information content (AvgIpc) is 2.86. The van der Waals surface area contributed by atoms with Crippen LogP contribution in [0.15, 0.2) is 24.3 Å². The van der Waals surface area contributed by atoms with Crippen LogP contribution in [0.5, 0.6) is 5.75 Å². The smallest absolute Gasteiger partial charge is 0.358 e. The lowest BCUT2D eigenvalue weighted by Gasteiger charge is -2.05. The molecule has 3 aromatic rings. The molecule has 0 atom stereocenters. The third kappa shape index (κ3) is 2.50. The average molecular weight is 312 g/mol. The number of hydrogen-bond donors (Lipinski definition) is 1. The SMILES string of the molecule is CCOc1ccc(-c2c(C)nn3c(C)c(C(=O)O)nnc23)cc1. The second-order valence-electron chi connectivity index (χ2n) is 5.09. The summed E-state index contributed by atoms with van der Waals surface area (Å²) in [6, 6.07) is 7.62. The van der Waals surface area contributed by atoms with Crippen molar-refractivity contribution in [1.82, 2.24) is 19.8 Å². The molecule has 0 aliphatic rings. The van der Waals surface area contributed by atoms with Crippen LogP contribution in [0.2, 0.25) is 0 Å². The highest BCUT2D eigenvalue weighted by atomic mass is 16.5. The first-order valence-electron chi connectivity index (χ1n) is 7.22. The van der Waals surface area contributed by atoms with Crippen LogP contribution in [0.1, 0.15) is 28.8 Å². The normalized spacial score (nSPS) is 10.9. The van der Waals surface area contributed by atoms with Crippen molar-refractivity contribution in [3.05, 3.63) is 41.3 Å². The summed E-state index contributed by atoms with van der Waals surface area (Å²) in [5, 5.41) is 21.4. The maximum atomic E-state index is 11.2. The monoisotopic (exact) mass is 312 g/mol. The second kappa shape index (κ2) is 5.68. The first-order chi connectivity index (χ1) is 11.0. The zero-order chi connectivity index (χ0) is 16.6. The van der Waals surface area contributed by atoms with Gasteiger partial charge in [-0.15, -0.1) is 10.2 Å². The van der Waals surface area contributed by atoms with Crippen LogP contribution in [-0.4, -0.2) is 37.5 Å². The van der Waals surface area contributed by atoms with Crippen molar-refractivity contribution in [2.24, 2.45) is 0 Å². The summed E-state index contributed by atoms with van der Waals surface area (Å²) in [5.74, 6) is -0.325. The highest BCUT2D eigenvalue weighted by Gasteiger charge is 2.19. The lowest BCUT2D eigenvalue weighted by Crippen LogP contribution is -2.10. The maximum Gasteiger partial charge on any atom is 0.358 e. The van der Waals surface area contributed by atoms with E-state index in [0.717, 1.165) is 22.6 Å². The zero-order valence-corrected chi connectivity index (χ0v) is 13.1. The molecule has 0 bridgehead atoms. The van der Waals surface area contributed by atoms with Crippen LogP contribution in [0.25, 0.3) is 16.8 Å². The lowest BCUT2D eigenvalue weighted by molar-refractivity contribution is 0.0687. The van der Waals surface area contributed by atoms with Gasteiger partial charge in [0, 0.05) is 0 Å². The standard InChI is InChI=1S/C16H16N4O3/c1-4-23-12-7-5-11(6-8-12)13-9(2)19-20-10(3)14(16(21)22)17-18-15(13)20/h5-8H,4H2,1-3H3,(H,21,22). The Hall–Kier alpha value is -2.96. The van der Waals surface area contributed by atoms with Crippen molar-refractivity contribution < 1.29 is 14.6 Å². The van der Waals surface area contributed by atoms with Gasteiger partial charge in [0.15, 0.2) is 11.3 Å². The number of carbonyl (C=O) groups is 1. The molecule has 7 nitrogen and oxygen atoms in total. The fraction of sp³-hybridized carbons (Fsp3) is 0.250. The summed E-state index contributed by atoms with van der Waals surface area (Å²) in [6.07, 6.45) is 0. The summed E-state index contributed by atoms with van der Waals surface area (Å²) in [6.45, 7) is 6.07. The van der Waals surface area contributed by atoms with Gasteiger partial charge in [-0.05, 0) is 38.5 Å². The first kappa shape index (κ1) is 15.0. The third-order valence-electron chi connectivity index (χ3n) is 3.60. The van der Waals surface area contributed by atoms with E-state index in [-0.39, 0.29) is 5.69 Å². The van der Waals surface area contributed by atoms with Crippen LogP contribution < -0.4 is 4.74 Å². The molecule has 0 spiro atoms. The van der Waals surface area contributed by atoms with Gasteiger partial charge in [0.05, 0.1) is 23.6 Å². The zero-order valence-electron chi connectivity index (χ0n) is 13.1. The molecule has 0 radical (unpaired) electrons. The number of nitrogens with zero attached hydrogens (tertiary/aromatic N) is 4. The maximum absolute atomic E-state index is 11.2. The third-order valence-corrected chi connectivity index (χ3v) is 3.60. The Bertz CT molecular complexity index is 884. The molecule has 0 fully saturated rings. The molecule has 1 aromatic carbocycles. The quantitative estimate of drug-likeness (QED) is 0.796. The van der Waals surface area contributed by atoms with Crippen LogP contribution in [-0.2, 0) is 0 Å². The predicted octanol–water partition coefficient (Wildman–Crippen LogP) is 2.51. The summed E-state index contributed by atoms with van der Waals surface area (Å²) in [7, 11) is 0. The molecule has 118 valence electrons. The summed E-state index contributed by atoms with van der Waals surface area (Å²) in [4.78, 5) is 11.2. The highest BCUT2D eigenvalue weighted by molar-refractivity contribution is 5.87. The van der Waals surface area contributed by atoms with E-state index in [4.69, 9.17) is 9.84 Å². The summed E-state index contributed by atoms with van der Waals surface area (Å²) >= 11 is 0. The van der Waals surface area contributed by atoms with Crippen molar-refractivity contribution in [1.29, 1.82) is 0 Å². The van der Waals surface area contributed by atoms with Crippen LogP contribution in [0.4, 0.5) is 0 Å². The van der Waals surface area contributed by atoms with Gasteiger partial charge in [0.2, 0.25) is 0 Å². The summed E-state index contributed by atoms with van der Waals surface area (Å²) in [5.41, 5.74) is 3.41. The number of benzene rings is 1. The van der Waals surface area contributed by atoms with E-state index in [0.29, 0.717) is 17.9 Å². The Kier molecular flexibility index (Phi) is 3.69. The first-order valence-corrected chi connectivity index (χ1v) is 7.22. The van der Waals surface area contributed by atoms with E-state index < -0.39 is 5.97 Å². The number of hydrogen-bond acceptors (Lipinski definition) is 5. The molecule has 23 heavy (non-hydrogen) atoms. The number of carboxylic acid groups (broad SMARTS) is 1. The fourth-order valence-corrected chi connectivity index (χ4v) is 2.53. The molecule has 0 saturated heterocycles. The minimum Gasteiger partial charge on any atom is -0.494 e. The minimum atomic E-state index is -1.12.